The lowest BCUT2D eigenvalue weighted by atomic mass is 10.1. The third-order valence-electron chi connectivity index (χ3n) is 4.79. The van der Waals surface area contributed by atoms with E-state index in [1.165, 1.54) is 19.4 Å². The van der Waals surface area contributed by atoms with E-state index in [9.17, 15) is 8.78 Å². The van der Waals surface area contributed by atoms with Gasteiger partial charge in [0.25, 0.3) is 12.3 Å². The summed E-state index contributed by atoms with van der Waals surface area (Å²) in [5.74, 6) is 1.04. The van der Waals surface area contributed by atoms with E-state index in [1.807, 2.05) is 30.3 Å². The second kappa shape index (κ2) is 7.60. The Morgan fingerprint density at radius 3 is 2.52 bits per heavy atom. The molecule has 0 saturated heterocycles. The summed E-state index contributed by atoms with van der Waals surface area (Å²) >= 11 is 0. The summed E-state index contributed by atoms with van der Waals surface area (Å²) in [6, 6.07) is 17.7. The number of hydrogen-bond donors (Lipinski definition) is 0. The van der Waals surface area contributed by atoms with Gasteiger partial charge in [-0.05, 0) is 18.2 Å². The molecule has 31 heavy (non-hydrogen) atoms. The van der Waals surface area contributed by atoms with Gasteiger partial charge in [0.2, 0.25) is 5.82 Å². The van der Waals surface area contributed by atoms with Crippen molar-refractivity contribution < 1.29 is 18.0 Å². The molecule has 0 bridgehead atoms. The van der Waals surface area contributed by atoms with Gasteiger partial charge in [0.15, 0.2) is 5.65 Å². The van der Waals surface area contributed by atoms with Gasteiger partial charge in [-0.1, -0.05) is 47.6 Å². The summed E-state index contributed by atoms with van der Waals surface area (Å²) in [5.41, 5.74) is 1.90. The minimum atomic E-state index is -2.77. The summed E-state index contributed by atoms with van der Waals surface area (Å²) in [7, 11) is 1.51. The number of fused-ring (bicyclic) bond motifs is 1. The lowest BCUT2D eigenvalue weighted by molar-refractivity contribution is 0.143. The summed E-state index contributed by atoms with van der Waals surface area (Å²) in [6.07, 6.45) is -1.38. The molecule has 9 heteroatoms. The molecule has 0 atom stereocenters. The molecule has 0 saturated carbocycles. The highest BCUT2D eigenvalue weighted by Gasteiger charge is 2.23. The van der Waals surface area contributed by atoms with Crippen molar-refractivity contribution in [2.45, 2.75) is 6.43 Å². The molecule has 3 heterocycles. The lowest BCUT2D eigenvalue weighted by Gasteiger charge is -2.10. The first-order valence-corrected chi connectivity index (χ1v) is 9.35. The molecule has 0 aliphatic rings. The van der Waals surface area contributed by atoms with Crippen LogP contribution in [0, 0.1) is 0 Å². The van der Waals surface area contributed by atoms with Crippen LogP contribution in [0.1, 0.15) is 12.1 Å². The number of alkyl halides is 2. The topological polar surface area (TPSA) is 78.3 Å². The van der Waals surface area contributed by atoms with Crippen molar-refractivity contribution in [1.29, 1.82) is 0 Å². The third kappa shape index (κ3) is 3.29. The van der Waals surface area contributed by atoms with E-state index in [1.54, 1.807) is 24.3 Å². The van der Waals surface area contributed by atoms with Crippen LogP contribution >= 0.6 is 0 Å². The maximum absolute atomic E-state index is 13.8. The van der Waals surface area contributed by atoms with Gasteiger partial charge in [0, 0.05) is 11.1 Å². The molecule has 0 unspecified atom stereocenters. The van der Waals surface area contributed by atoms with Crippen molar-refractivity contribution in [2.24, 2.45) is 0 Å². The highest BCUT2D eigenvalue weighted by Crippen LogP contribution is 2.34. The Morgan fingerprint density at radius 2 is 1.74 bits per heavy atom. The quantitative estimate of drug-likeness (QED) is 0.396. The summed E-state index contributed by atoms with van der Waals surface area (Å²) in [4.78, 5) is 8.98. The van der Waals surface area contributed by atoms with Crippen molar-refractivity contribution in [3.05, 3.63) is 72.6 Å². The zero-order chi connectivity index (χ0) is 21.4. The summed E-state index contributed by atoms with van der Waals surface area (Å²) in [5, 5.41) is 8.09. The van der Waals surface area contributed by atoms with Gasteiger partial charge in [0.1, 0.15) is 17.0 Å². The van der Waals surface area contributed by atoms with Crippen LogP contribution in [0.4, 0.5) is 8.78 Å². The fraction of sp³-hybridized carbons (Fsp3) is 0.0909. The van der Waals surface area contributed by atoms with Crippen LogP contribution in [0.2, 0.25) is 0 Å². The van der Waals surface area contributed by atoms with Gasteiger partial charge < -0.3 is 9.26 Å². The van der Waals surface area contributed by atoms with Gasteiger partial charge in [0.05, 0.1) is 19.0 Å². The molecule has 0 aliphatic heterocycles. The monoisotopic (exact) mass is 419 g/mol. The molecule has 5 rings (SSSR count). The van der Waals surface area contributed by atoms with Crippen LogP contribution in [0.25, 0.3) is 39.7 Å². The molecule has 0 amide bonds. The number of rotatable bonds is 5. The van der Waals surface area contributed by atoms with Gasteiger partial charge in [-0.25, -0.2) is 18.3 Å². The summed E-state index contributed by atoms with van der Waals surface area (Å²) in [6.45, 7) is 0. The molecule has 0 radical (unpaired) electrons. The zero-order valence-electron chi connectivity index (χ0n) is 16.2. The first-order valence-electron chi connectivity index (χ1n) is 9.35. The average molecular weight is 419 g/mol. The van der Waals surface area contributed by atoms with Gasteiger partial charge in [-0.2, -0.15) is 10.1 Å². The first kappa shape index (κ1) is 18.9. The molecule has 3 aromatic heterocycles. The first-order chi connectivity index (χ1) is 15.2. The number of hydrogen-bond acceptors (Lipinski definition) is 6. The Kier molecular flexibility index (Phi) is 4.62. The predicted molar refractivity (Wildman–Crippen MR) is 109 cm³/mol. The van der Waals surface area contributed by atoms with Crippen LogP contribution in [-0.4, -0.2) is 31.8 Å². The SMILES string of the molecule is COc1ccccc1-c1cc(C(F)F)n2ncc(-c3nc(-c4ccccc4)no3)c2n1. The van der Waals surface area contributed by atoms with Crippen LogP contribution in [-0.2, 0) is 0 Å². The van der Waals surface area contributed by atoms with Crippen LogP contribution in [0.15, 0.2) is 71.4 Å². The van der Waals surface area contributed by atoms with Crippen molar-refractivity contribution in [2.75, 3.05) is 7.11 Å². The Balaban J connectivity index is 1.69. The van der Waals surface area contributed by atoms with E-state index in [0.717, 1.165) is 10.1 Å². The van der Waals surface area contributed by atoms with Crippen molar-refractivity contribution >= 4 is 5.65 Å². The fourth-order valence-electron chi connectivity index (χ4n) is 3.32. The lowest BCUT2D eigenvalue weighted by Crippen LogP contribution is -2.03. The average Bonchev–Trinajstić information content (AvgIpc) is 3.46. The molecule has 0 spiro atoms. The molecule has 0 fully saturated rings. The maximum Gasteiger partial charge on any atom is 0.280 e. The van der Waals surface area contributed by atoms with Crippen LogP contribution in [0.3, 0.4) is 0 Å². The van der Waals surface area contributed by atoms with Gasteiger partial charge in [-0.3, -0.25) is 0 Å². The highest BCUT2D eigenvalue weighted by molar-refractivity contribution is 5.76. The number of methoxy groups -OCH3 is 1. The third-order valence-corrected chi connectivity index (χ3v) is 4.79. The van der Waals surface area contributed by atoms with E-state index in [2.05, 4.69) is 20.2 Å². The number of halogens is 2. The van der Waals surface area contributed by atoms with Crippen molar-refractivity contribution in [3.8, 4) is 39.8 Å². The van der Waals surface area contributed by atoms with Gasteiger partial charge in [-0.15, -0.1) is 0 Å². The smallest absolute Gasteiger partial charge is 0.280 e. The molecule has 7 nitrogen and oxygen atoms in total. The van der Waals surface area contributed by atoms with Crippen molar-refractivity contribution in [1.82, 2.24) is 24.7 Å². The molecule has 2 aromatic carbocycles. The highest BCUT2D eigenvalue weighted by atomic mass is 19.3. The van der Waals surface area contributed by atoms with Crippen LogP contribution < -0.4 is 4.74 Å². The molecular weight excluding hydrogens is 404 g/mol. The molecule has 0 aliphatic carbocycles. The second-order valence-corrected chi connectivity index (χ2v) is 6.65. The van der Waals surface area contributed by atoms with E-state index in [0.29, 0.717) is 28.4 Å². The molecule has 0 N–H and O–H groups in total. The number of ether oxygens (including phenoxy) is 1. The van der Waals surface area contributed by atoms with Gasteiger partial charge >= 0.3 is 0 Å². The fourth-order valence-corrected chi connectivity index (χ4v) is 3.32. The van der Waals surface area contributed by atoms with E-state index < -0.39 is 6.43 Å². The zero-order valence-corrected chi connectivity index (χ0v) is 16.2. The van der Waals surface area contributed by atoms with E-state index in [4.69, 9.17) is 9.26 Å². The number of para-hydroxylation sites is 1. The predicted octanol–water partition coefficient (Wildman–Crippen LogP) is 5.06. The number of aromatic nitrogens is 5. The molecular formula is C22H15F2N5O2. The minimum absolute atomic E-state index is 0.138. The van der Waals surface area contributed by atoms with Crippen LogP contribution in [0.5, 0.6) is 5.75 Å². The Bertz CT molecular complexity index is 1370. The maximum atomic E-state index is 13.8. The number of benzene rings is 2. The Labute approximate surface area is 174 Å². The largest absolute Gasteiger partial charge is 0.496 e. The number of nitrogens with zero attached hydrogens (tertiary/aromatic N) is 5. The Hall–Kier alpha value is -4.14. The van der Waals surface area contributed by atoms with Crippen molar-refractivity contribution in [3.63, 3.8) is 0 Å². The van der Waals surface area contributed by atoms with E-state index in [-0.39, 0.29) is 17.2 Å². The second-order valence-electron chi connectivity index (χ2n) is 6.65. The molecule has 154 valence electrons. The Morgan fingerprint density at radius 1 is 0.968 bits per heavy atom. The minimum Gasteiger partial charge on any atom is -0.496 e. The summed E-state index contributed by atoms with van der Waals surface area (Å²) < 4.78 is 39.5. The van der Waals surface area contributed by atoms with E-state index >= 15 is 0 Å². The normalized spacial score (nSPS) is 11.4. The molecule has 5 aromatic rings. The standard InChI is InChI=1S/C22H15F2N5O2/c1-30-18-10-6-5-9-14(18)16-11-17(19(23)24)29-21(26-16)15(12-25-29)22-27-20(28-31-22)13-7-3-2-4-8-13/h2-12,19H,1H3.